The van der Waals surface area contributed by atoms with Gasteiger partial charge in [-0.15, -0.1) is 0 Å². The van der Waals surface area contributed by atoms with Crippen LogP contribution in [-0.2, 0) is 6.54 Å². The van der Waals surface area contributed by atoms with E-state index in [0.717, 1.165) is 25.8 Å². The van der Waals surface area contributed by atoms with Crippen molar-refractivity contribution in [3.8, 4) is 11.8 Å². The van der Waals surface area contributed by atoms with Gasteiger partial charge in [0.15, 0.2) is 5.88 Å². The number of anilines is 1. The van der Waals surface area contributed by atoms with Crippen LogP contribution in [0.25, 0.3) is 0 Å². The fraction of sp³-hybridized carbons (Fsp3) is 0.833. The van der Waals surface area contributed by atoms with Crippen LogP contribution in [0.15, 0.2) is 6.07 Å². The van der Waals surface area contributed by atoms with Crippen molar-refractivity contribution in [2.24, 2.45) is 0 Å². The van der Waals surface area contributed by atoms with Gasteiger partial charge >= 0.3 is 0 Å². The molecule has 164 valence electrons. The second-order valence-corrected chi connectivity index (χ2v) is 8.27. The van der Waals surface area contributed by atoms with Crippen LogP contribution in [0.2, 0.25) is 0 Å². The molecule has 3 N–H and O–H groups in total. The number of hydrogen-bond donors (Lipinski definition) is 3. The Morgan fingerprint density at radius 1 is 0.679 bits per heavy atom. The molecular formula is C24H46N2O2. The molecule has 4 heteroatoms. The lowest BCUT2D eigenvalue weighted by Gasteiger charge is -2.08. The molecule has 0 aliphatic carbocycles. The van der Waals surface area contributed by atoms with E-state index in [9.17, 15) is 10.2 Å². The summed E-state index contributed by atoms with van der Waals surface area (Å²) in [7, 11) is 0. The van der Waals surface area contributed by atoms with E-state index in [4.69, 9.17) is 0 Å². The summed E-state index contributed by atoms with van der Waals surface area (Å²) in [5.41, 5.74) is 0.667. The van der Waals surface area contributed by atoms with Crippen molar-refractivity contribution in [2.45, 2.75) is 123 Å². The molecule has 4 nitrogen and oxygen atoms in total. The zero-order chi connectivity index (χ0) is 20.5. The van der Waals surface area contributed by atoms with Gasteiger partial charge in [0, 0.05) is 19.2 Å². The molecule has 1 aromatic heterocycles. The molecule has 28 heavy (non-hydrogen) atoms. The number of nitrogens with zero attached hydrogens (tertiary/aromatic N) is 1. The molecule has 0 bridgehead atoms. The van der Waals surface area contributed by atoms with Gasteiger partial charge in [-0.05, 0) is 12.8 Å². The van der Waals surface area contributed by atoms with Crippen LogP contribution >= 0.6 is 0 Å². The average Bonchev–Trinajstić information content (AvgIpc) is 2.96. The van der Waals surface area contributed by atoms with Gasteiger partial charge in [-0.1, -0.05) is 104 Å². The predicted molar refractivity (Wildman–Crippen MR) is 121 cm³/mol. The summed E-state index contributed by atoms with van der Waals surface area (Å²) in [5.74, 6) is 0.346. The molecule has 0 amide bonds. The van der Waals surface area contributed by atoms with Crippen LogP contribution in [0.5, 0.6) is 11.8 Å². The molecule has 0 unspecified atom stereocenters. The molecule has 0 spiro atoms. The van der Waals surface area contributed by atoms with E-state index in [0.29, 0.717) is 12.2 Å². The van der Waals surface area contributed by atoms with Crippen LogP contribution < -0.4 is 5.32 Å². The Morgan fingerprint density at radius 3 is 1.68 bits per heavy atom. The number of nitrogens with one attached hydrogen (secondary N) is 1. The van der Waals surface area contributed by atoms with Crippen LogP contribution in [-0.4, -0.2) is 21.3 Å². The van der Waals surface area contributed by atoms with Gasteiger partial charge < -0.3 is 15.5 Å². The third kappa shape index (κ3) is 10.9. The highest BCUT2D eigenvalue weighted by Crippen LogP contribution is 2.32. The third-order valence-electron chi connectivity index (χ3n) is 5.63. The van der Waals surface area contributed by atoms with E-state index in [2.05, 4.69) is 19.2 Å². The topological polar surface area (TPSA) is 57.4 Å². The van der Waals surface area contributed by atoms with Gasteiger partial charge in [-0.3, -0.25) is 4.57 Å². The number of aromatic hydroxyl groups is 2. The first-order valence-corrected chi connectivity index (χ1v) is 12.1. The van der Waals surface area contributed by atoms with Crippen molar-refractivity contribution >= 4 is 5.69 Å². The Morgan fingerprint density at radius 2 is 1.14 bits per heavy atom. The van der Waals surface area contributed by atoms with Gasteiger partial charge in [0.1, 0.15) is 5.69 Å². The SMILES string of the molecule is CCCCCCCCCCNc1cc(O)n(CCCCCCCCCC)c1O. The van der Waals surface area contributed by atoms with Crippen molar-refractivity contribution in [3.05, 3.63) is 6.07 Å². The number of aromatic nitrogens is 1. The van der Waals surface area contributed by atoms with Crippen LogP contribution in [0.1, 0.15) is 117 Å². The second-order valence-electron chi connectivity index (χ2n) is 8.27. The quantitative estimate of drug-likeness (QED) is 0.212. The van der Waals surface area contributed by atoms with Gasteiger partial charge in [-0.25, -0.2) is 0 Å². The molecule has 0 saturated heterocycles. The van der Waals surface area contributed by atoms with Crippen LogP contribution in [0, 0.1) is 0 Å². The largest absolute Gasteiger partial charge is 0.494 e. The third-order valence-corrected chi connectivity index (χ3v) is 5.63. The molecule has 1 rings (SSSR count). The Labute approximate surface area is 173 Å². The Balaban J connectivity index is 2.13. The molecule has 0 saturated carbocycles. The van der Waals surface area contributed by atoms with Crippen molar-refractivity contribution in [3.63, 3.8) is 0 Å². The van der Waals surface area contributed by atoms with E-state index in [1.807, 2.05) is 0 Å². The standard InChI is InChI=1S/C24H46N2O2/c1-3-5-7-9-11-13-15-17-19-25-22-21-23(27)26(24(22)28)20-18-16-14-12-10-8-6-4-2/h21,25,27-28H,3-20H2,1-2H3. The summed E-state index contributed by atoms with van der Waals surface area (Å²) in [4.78, 5) is 0. The highest BCUT2D eigenvalue weighted by molar-refractivity contribution is 5.57. The molecular weight excluding hydrogens is 348 g/mol. The number of hydrogen-bond acceptors (Lipinski definition) is 3. The molecule has 0 aliphatic heterocycles. The lowest BCUT2D eigenvalue weighted by Crippen LogP contribution is -2.02. The maximum absolute atomic E-state index is 10.4. The average molecular weight is 395 g/mol. The monoisotopic (exact) mass is 394 g/mol. The van der Waals surface area contributed by atoms with Gasteiger partial charge in [0.05, 0.1) is 0 Å². The van der Waals surface area contributed by atoms with Crippen molar-refractivity contribution < 1.29 is 10.2 Å². The number of unbranched alkanes of at least 4 members (excludes halogenated alkanes) is 14. The van der Waals surface area contributed by atoms with Gasteiger partial charge in [0.2, 0.25) is 5.88 Å². The molecule has 0 fully saturated rings. The van der Waals surface area contributed by atoms with E-state index in [1.165, 1.54) is 83.5 Å². The summed E-state index contributed by atoms with van der Waals surface area (Å²) >= 11 is 0. The lowest BCUT2D eigenvalue weighted by molar-refractivity contribution is 0.362. The summed E-state index contributed by atoms with van der Waals surface area (Å²) < 4.78 is 1.63. The molecule has 1 heterocycles. The Kier molecular flexibility index (Phi) is 14.7. The predicted octanol–water partition coefficient (Wildman–Crippen LogP) is 7.59. The highest BCUT2D eigenvalue weighted by atomic mass is 16.3. The lowest BCUT2D eigenvalue weighted by atomic mass is 10.1. The molecule has 1 aromatic rings. The van der Waals surface area contributed by atoms with E-state index in [1.54, 1.807) is 10.6 Å². The second kappa shape index (κ2) is 16.6. The smallest absolute Gasteiger partial charge is 0.218 e. The minimum absolute atomic E-state index is 0.166. The zero-order valence-electron chi connectivity index (χ0n) is 18.6. The minimum atomic E-state index is 0.166. The fourth-order valence-electron chi connectivity index (χ4n) is 3.76. The van der Waals surface area contributed by atoms with Crippen LogP contribution in [0.3, 0.4) is 0 Å². The maximum Gasteiger partial charge on any atom is 0.218 e. The van der Waals surface area contributed by atoms with Crippen molar-refractivity contribution in [2.75, 3.05) is 11.9 Å². The van der Waals surface area contributed by atoms with Crippen molar-refractivity contribution in [1.29, 1.82) is 0 Å². The summed E-state index contributed by atoms with van der Waals surface area (Å²) in [5, 5.41) is 23.8. The minimum Gasteiger partial charge on any atom is -0.494 e. The summed E-state index contributed by atoms with van der Waals surface area (Å²) in [6.45, 7) is 6.03. The Hall–Kier alpha value is -1.32. The molecule has 0 aromatic carbocycles. The highest BCUT2D eigenvalue weighted by Gasteiger charge is 2.13. The van der Waals surface area contributed by atoms with E-state index in [-0.39, 0.29) is 11.8 Å². The number of rotatable bonds is 19. The molecule has 0 aliphatic rings. The van der Waals surface area contributed by atoms with E-state index >= 15 is 0 Å². The summed E-state index contributed by atoms with van der Waals surface area (Å²) in [6.07, 6.45) is 20.4. The normalized spacial score (nSPS) is 11.2. The maximum atomic E-state index is 10.4. The summed E-state index contributed by atoms with van der Waals surface area (Å²) in [6, 6.07) is 1.66. The first-order valence-electron chi connectivity index (χ1n) is 12.1. The fourth-order valence-corrected chi connectivity index (χ4v) is 3.76. The first kappa shape index (κ1) is 24.7. The van der Waals surface area contributed by atoms with Crippen molar-refractivity contribution in [1.82, 2.24) is 4.57 Å². The first-order chi connectivity index (χ1) is 13.7. The molecule has 0 radical (unpaired) electrons. The van der Waals surface area contributed by atoms with Crippen LogP contribution in [0.4, 0.5) is 5.69 Å². The molecule has 0 atom stereocenters. The zero-order valence-corrected chi connectivity index (χ0v) is 18.6. The van der Waals surface area contributed by atoms with Gasteiger partial charge in [-0.2, -0.15) is 0 Å². The van der Waals surface area contributed by atoms with E-state index < -0.39 is 0 Å². The Bertz CT molecular complexity index is 485. The van der Waals surface area contributed by atoms with Gasteiger partial charge in [0.25, 0.3) is 0 Å².